The Balaban J connectivity index is 1.75. The zero-order valence-corrected chi connectivity index (χ0v) is 17.2. The highest BCUT2D eigenvalue weighted by atomic mass is 35.5. The number of hydrogen-bond donors (Lipinski definition) is 0. The highest BCUT2D eigenvalue weighted by Gasteiger charge is 2.14. The highest BCUT2D eigenvalue weighted by molar-refractivity contribution is 6.30. The number of pyridine rings is 1. The second kappa shape index (κ2) is 7.69. The molecule has 30 heavy (non-hydrogen) atoms. The van der Waals surface area contributed by atoms with E-state index >= 15 is 0 Å². The van der Waals surface area contributed by atoms with Crippen LogP contribution in [-0.2, 0) is 0 Å². The lowest BCUT2D eigenvalue weighted by atomic mass is 10.0. The first-order valence-corrected chi connectivity index (χ1v) is 10.1. The molecule has 4 heteroatoms. The number of ether oxygens (including phenoxy) is 1. The van der Waals surface area contributed by atoms with Gasteiger partial charge in [0.1, 0.15) is 5.75 Å². The number of fused-ring (bicyclic) bond motifs is 1. The first kappa shape index (κ1) is 18.5. The number of halogens is 1. The van der Waals surface area contributed by atoms with Gasteiger partial charge in [0, 0.05) is 34.1 Å². The number of methoxy groups -OCH3 is 1. The van der Waals surface area contributed by atoms with E-state index in [0.717, 1.165) is 49.7 Å². The molecular weight excluding hydrogens is 392 g/mol. The van der Waals surface area contributed by atoms with Crippen molar-refractivity contribution in [3.05, 3.63) is 102 Å². The number of rotatable bonds is 4. The van der Waals surface area contributed by atoms with E-state index in [1.165, 1.54) is 0 Å². The van der Waals surface area contributed by atoms with Crippen LogP contribution in [-0.4, -0.2) is 16.7 Å². The molecule has 0 aliphatic carbocycles. The minimum atomic E-state index is 0.729. The molecule has 3 nitrogen and oxygen atoms in total. The van der Waals surface area contributed by atoms with Crippen molar-refractivity contribution in [2.75, 3.05) is 7.11 Å². The van der Waals surface area contributed by atoms with Crippen molar-refractivity contribution < 1.29 is 4.74 Å². The third kappa shape index (κ3) is 3.23. The van der Waals surface area contributed by atoms with Crippen LogP contribution >= 0.6 is 11.6 Å². The molecule has 0 atom stereocenters. The largest absolute Gasteiger partial charge is 0.496 e. The Morgan fingerprint density at radius 2 is 1.60 bits per heavy atom. The lowest BCUT2D eigenvalue weighted by molar-refractivity contribution is 0.416. The van der Waals surface area contributed by atoms with E-state index < -0.39 is 0 Å². The van der Waals surface area contributed by atoms with Crippen molar-refractivity contribution in [2.45, 2.75) is 0 Å². The van der Waals surface area contributed by atoms with Crippen LogP contribution in [0.5, 0.6) is 5.75 Å². The molecule has 5 aromatic rings. The van der Waals surface area contributed by atoms with Crippen molar-refractivity contribution in [1.29, 1.82) is 0 Å². The molecule has 2 aromatic heterocycles. The summed E-state index contributed by atoms with van der Waals surface area (Å²) in [6.45, 7) is 0. The summed E-state index contributed by atoms with van der Waals surface area (Å²) >= 11 is 6.13. The van der Waals surface area contributed by atoms with Crippen LogP contribution in [0.3, 0.4) is 0 Å². The normalized spacial score (nSPS) is 11.0. The zero-order valence-electron chi connectivity index (χ0n) is 16.4. The maximum absolute atomic E-state index is 6.13. The Kier molecular flexibility index (Phi) is 4.74. The number of aromatic nitrogens is 2. The van der Waals surface area contributed by atoms with Crippen LogP contribution in [0.25, 0.3) is 39.0 Å². The van der Waals surface area contributed by atoms with E-state index in [4.69, 9.17) is 16.3 Å². The van der Waals surface area contributed by atoms with E-state index in [9.17, 15) is 0 Å². The second-order valence-electron chi connectivity index (χ2n) is 7.06. The van der Waals surface area contributed by atoms with Crippen LogP contribution in [0.1, 0.15) is 0 Å². The van der Waals surface area contributed by atoms with Gasteiger partial charge in [-0.2, -0.15) is 0 Å². The van der Waals surface area contributed by atoms with Crippen LogP contribution in [0, 0.1) is 0 Å². The molecule has 0 fully saturated rings. The third-order valence-electron chi connectivity index (χ3n) is 5.27. The summed E-state index contributed by atoms with van der Waals surface area (Å²) in [6, 6.07) is 28.9. The number of hydrogen-bond acceptors (Lipinski definition) is 2. The fourth-order valence-electron chi connectivity index (χ4n) is 3.85. The fourth-order valence-corrected chi connectivity index (χ4v) is 3.97. The van der Waals surface area contributed by atoms with E-state index in [-0.39, 0.29) is 0 Å². The van der Waals surface area contributed by atoms with E-state index in [1.54, 1.807) is 13.3 Å². The van der Waals surface area contributed by atoms with Crippen molar-refractivity contribution in [1.82, 2.24) is 9.55 Å². The van der Waals surface area contributed by atoms with Gasteiger partial charge in [0.25, 0.3) is 0 Å². The summed E-state index contributed by atoms with van der Waals surface area (Å²) in [5.74, 6) is 0.810. The molecule has 0 saturated carbocycles. The van der Waals surface area contributed by atoms with Gasteiger partial charge < -0.3 is 9.30 Å². The maximum atomic E-state index is 6.13. The smallest absolute Gasteiger partial charge is 0.129 e. The summed E-state index contributed by atoms with van der Waals surface area (Å²) in [5.41, 5.74) is 6.52. The third-order valence-corrected chi connectivity index (χ3v) is 5.52. The first-order valence-electron chi connectivity index (χ1n) is 9.70. The SMILES string of the molecule is COc1ccncc1-c1ccc2c(c1)cc(-c1ccc(Cl)cc1)n2-c1ccccc1. The summed E-state index contributed by atoms with van der Waals surface area (Å²) in [7, 11) is 1.68. The van der Waals surface area contributed by atoms with Gasteiger partial charge in [-0.15, -0.1) is 0 Å². The van der Waals surface area contributed by atoms with Crippen molar-refractivity contribution in [3.8, 4) is 33.8 Å². The van der Waals surface area contributed by atoms with Crippen molar-refractivity contribution in [2.24, 2.45) is 0 Å². The maximum Gasteiger partial charge on any atom is 0.129 e. The molecule has 2 heterocycles. The molecule has 0 radical (unpaired) electrons. The molecule has 5 rings (SSSR count). The Morgan fingerprint density at radius 1 is 0.833 bits per heavy atom. The molecule has 0 N–H and O–H groups in total. The summed E-state index contributed by atoms with van der Waals surface area (Å²) in [4.78, 5) is 4.28. The standard InChI is InChI=1S/C26H19ClN2O/c1-30-26-13-14-28-17-23(26)19-9-12-24-20(15-19)16-25(18-7-10-21(27)11-8-18)29(24)22-5-3-2-4-6-22/h2-17H,1H3. The second-order valence-corrected chi connectivity index (χ2v) is 7.49. The van der Waals surface area contributed by atoms with Crippen LogP contribution in [0.4, 0.5) is 0 Å². The predicted octanol–water partition coefficient (Wildman–Crippen LogP) is 7.02. The Labute approximate surface area is 180 Å². The van der Waals surface area contributed by atoms with Crippen LogP contribution < -0.4 is 4.74 Å². The quantitative estimate of drug-likeness (QED) is 0.318. The van der Waals surface area contributed by atoms with E-state index in [2.05, 4.69) is 70.2 Å². The minimum absolute atomic E-state index is 0.729. The predicted molar refractivity (Wildman–Crippen MR) is 124 cm³/mol. The molecule has 0 unspecified atom stereocenters. The van der Waals surface area contributed by atoms with Gasteiger partial charge in [0.15, 0.2) is 0 Å². The van der Waals surface area contributed by atoms with Gasteiger partial charge in [-0.25, -0.2) is 0 Å². The van der Waals surface area contributed by atoms with E-state index in [0.29, 0.717) is 0 Å². The van der Waals surface area contributed by atoms with Crippen molar-refractivity contribution >= 4 is 22.5 Å². The topological polar surface area (TPSA) is 27.1 Å². The van der Waals surface area contributed by atoms with Gasteiger partial charge in [0.2, 0.25) is 0 Å². The minimum Gasteiger partial charge on any atom is -0.496 e. The van der Waals surface area contributed by atoms with E-state index in [1.807, 2.05) is 30.5 Å². The average Bonchev–Trinajstić information content (AvgIpc) is 3.18. The van der Waals surface area contributed by atoms with Gasteiger partial charge in [-0.3, -0.25) is 4.98 Å². The Hall–Kier alpha value is -3.56. The lowest BCUT2D eigenvalue weighted by Gasteiger charge is -2.12. The van der Waals surface area contributed by atoms with Gasteiger partial charge in [-0.05, 0) is 59.7 Å². The molecule has 0 amide bonds. The average molecular weight is 411 g/mol. The summed E-state index contributed by atoms with van der Waals surface area (Å²) in [5, 5.41) is 1.87. The van der Waals surface area contributed by atoms with Gasteiger partial charge in [0.05, 0.1) is 18.3 Å². The molecule has 0 spiro atoms. The summed E-state index contributed by atoms with van der Waals surface area (Å²) < 4.78 is 7.81. The Morgan fingerprint density at radius 3 is 2.37 bits per heavy atom. The van der Waals surface area contributed by atoms with Crippen LogP contribution in [0.15, 0.2) is 97.3 Å². The monoisotopic (exact) mass is 410 g/mol. The highest BCUT2D eigenvalue weighted by Crippen LogP contribution is 2.36. The molecular formula is C26H19ClN2O. The molecule has 0 aliphatic heterocycles. The molecule has 0 bridgehead atoms. The molecule has 0 aliphatic rings. The first-order chi connectivity index (χ1) is 14.7. The summed E-state index contributed by atoms with van der Waals surface area (Å²) in [6.07, 6.45) is 3.58. The number of benzene rings is 3. The zero-order chi connectivity index (χ0) is 20.5. The van der Waals surface area contributed by atoms with Crippen molar-refractivity contribution in [3.63, 3.8) is 0 Å². The lowest BCUT2D eigenvalue weighted by Crippen LogP contribution is -1.96. The number of para-hydroxylation sites is 1. The molecule has 146 valence electrons. The van der Waals surface area contributed by atoms with Crippen LogP contribution in [0.2, 0.25) is 5.02 Å². The molecule has 0 saturated heterocycles. The fraction of sp³-hybridized carbons (Fsp3) is 0.0385. The molecule has 3 aromatic carbocycles. The number of nitrogens with zero attached hydrogens (tertiary/aromatic N) is 2. The van der Waals surface area contributed by atoms with Gasteiger partial charge in [-0.1, -0.05) is 48.0 Å². The Bertz CT molecular complexity index is 1320. The van der Waals surface area contributed by atoms with Gasteiger partial charge >= 0.3 is 0 Å².